The lowest BCUT2D eigenvalue weighted by Crippen LogP contribution is -1.87. The number of rotatable bonds is 2. The van der Waals surface area contributed by atoms with Crippen LogP contribution in [0.15, 0.2) is 60.7 Å². The van der Waals surface area contributed by atoms with Crippen molar-refractivity contribution in [2.75, 3.05) is 5.32 Å². The van der Waals surface area contributed by atoms with Gasteiger partial charge in [-0.1, -0.05) is 36.4 Å². The maximum atomic E-state index is 3.30. The number of alkyl halides is 4. The summed E-state index contributed by atoms with van der Waals surface area (Å²) in [5, 5.41) is 3.30. The Kier molecular flexibility index (Phi) is 7.53. The number of nitrogens with one attached hydrogen (secondary N) is 1. The molecule has 18 heavy (non-hydrogen) atoms. The lowest BCUT2D eigenvalue weighted by molar-refractivity contribution is 1.55. The van der Waals surface area contributed by atoms with Crippen molar-refractivity contribution >= 4 is 75.1 Å². The van der Waals surface area contributed by atoms with E-state index in [2.05, 4.69) is 69.0 Å². The molecular weight excluding hydrogens is 490 g/mol. The van der Waals surface area contributed by atoms with Crippen LogP contribution in [0.4, 0.5) is 11.4 Å². The number of benzene rings is 2. The van der Waals surface area contributed by atoms with Gasteiger partial charge < -0.3 is 5.32 Å². The molecule has 0 aliphatic carbocycles. The van der Waals surface area contributed by atoms with Crippen molar-refractivity contribution in [1.29, 1.82) is 0 Å². The van der Waals surface area contributed by atoms with Gasteiger partial charge in [-0.05, 0) is 88.0 Å². The maximum absolute atomic E-state index is 3.30. The number of anilines is 2. The largest absolute Gasteiger partial charge is 0.356 e. The molecule has 1 N–H and O–H groups in total. The van der Waals surface area contributed by atoms with Gasteiger partial charge in [0.2, 0.25) is 0 Å². The molecule has 0 saturated heterocycles. The van der Waals surface area contributed by atoms with Gasteiger partial charge in [-0.25, -0.2) is 0 Å². The molecular formula is C13H11Br4N. The first-order chi connectivity index (χ1) is 8.45. The Balaban J connectivity index is 0.000000280. The molecule has 2 aromatic carbocycles. The zero-order chi connectivity index (χ0) is 13.4. The molecule has 0 unspecified atom stereocenters. The standard InChI is InChI=1S/C12H11N.CBr4/c1-3-7-11(8-4-1)13-12-9-5-2-6-10-12;2-1(3,4)5/h1-10,13H;. The Labute approximate surface area is 141 Å². The summed E-state index contributed by atoms with van der Waals surface area (Å²) in [6, 6.07) is 20.3. The minimum absolute atomic E-state index is 0.250. The van der Waals surface area contributed by atoms with Crippen LogP contribution in [0, 0.1) is 0 Å². The Bertz CT molecular complexity index is 396. The van der Waals surface area contributed by atoms with E-state index in [0.29, 0.717) is 0 Å². The van der Waals surface area contributed by atoms with Gasteiger partial charge in [-0.2, -0.15) is 0 Å². The molecule has 0 atom stereocenters. The summed E-state index contributed by atoms with van der Waals surface area (Å²) in [5.74, 6) is 0. The first-order valence-corrected chi connectivity index (χ1v) is 8.25. The van der Waals surface area contributed by atoms with E-state index in [1.54, 1.807) is 0 Å². The average Bonchev–Trinajstić information content (AvgIpc) is 2.29. The van der Waals surface area contributed by atoms with Crippen LogP contribution in [-0.4, -0.2) is 1.05 Å². The number of halogens is 4. The molecule has 2 rings (SSSR count). The van der Waals surface area contributed by atoms with E-state index in [0.717, 1.165) is 11.4 Å². The molecule has 96 valence electrons. The Morgan fingerprint density at radius 3 is 1.17 bits per heavy atom. The summed E-state index contributed by atoms with van der Waals surface area (Å²) >= 11 is 12.5. The third kappa shape index (κ3) is 9.14. The summed E-state index contributed by atoms with van der Waals surface area (Å²) in [6.07, 6.45) is 0. The van der Waals surface area contributed by atoms with Gasteiger partial charge in [0, 0.05) is 11.4 Å². The lowest BCUT2D eigenvalue weighted by atomic mass is 10.3. The summed E-state index contributed by atoms with van der Waals surface area (Å²) in [4.78, 5) is 0. The van der Waals surface area contributed by atoms with Gasteiger partial charge in [0.25, 0.3) is 0 Å². The quantitative estimate of drug-likeness (QED) is 0.458. The smallest absolute Gasteiger partial charge is 0.189 e. The molecule has 2 aromatic rings. The van der Waals surface area contributed by atoms with Gasteiger partial charge >= 0.3 is 0 Å². The van der Waals surface area contributed by atoms with Gasteiger partial charge in [-0.3, -0.25) is 0 Å². The van der Waals surface area contributed by atoms with Crippen molar-refractivity contribution in [1.82, 2.24) is 0 Å². The van der Waals surface area contributed by atoms with Crippen LogP contribution in [0.5, 0.6) is 0 Å². The monoisotopic (exact) mass is 497 g/mol. The number of hydrogen-bond donors (Lipinski definition) is 1. The van der Waals surface area contributed by atoms with E-state index in [1.165, 1.54) is 0 Å². The van der Waals surface area contributed by atoms with E-state index in [9.17, 15) is 0 Å². The Morgan fingerprint density at radius 2 is 0.889 bits per heavy atom. The summed E-state index contributed by atoms with van der Waals surface area (Å²) in [7, 11) is 0. The van der Waals surface area contributed by atoms with Gasteiger partial charge in [0.05, 0.1) is 0 Å². The van der Waals surface area contributed by atoms with Crippen LogP contribution in [0.25, 0.3) is 0 Å². The number of hydrogen-bond acceptors (Lipinski definition) is 1. The second-order valence-corrected chi connectivity index (χ2v) is 14.4. The summed E-state index contributed by atoms with van der Waals surface area (Å²) in [6.45, 7) is 0. The molecule has 5 heteroatoms. The summed E-state index contributed by atoms with van der Waals surface area (Å²) in [5.41, 5.74) is 2.24. The second kappa shape index (κ2) is 8.35. The third-order valence-corrected chi connectivity index (χ3v) is 1.84. The molecule has 0 aliphatic rings. The third-order valence-electron chi connectivity index (χ3n) is 1.84. The second-order valence-electron chi connectivity index (χ2n) is 3.29. The van der Waals surface area contributed by atoms with Gasteiger partial charge in [0.1, 0.15) is 0 Å². The molecule has 0 bridgehead atoms. The fourth-order valence-corrected chi connectivity index (χ4v) is 1.21. The van der Waals surface area contributed by atoms with Crippen LogP contribution in [-0.2, 0) is 0 Å². The first kappa shape index (κ1) is 16.2. The molecule has 0 radical (unpaired) electrons. The molecule has 0 aromatic heterocycles. The molecule has 0 amide bonds. The highest BCUT2D eigenvalue weighted by Gasteiger charge is 2.08. The van der Waals surface area contributed by atoms with Crippen molar-refractivity contribution in [2.24, 2.45) is 0 Å². The van der Waals surface area contributed by atoms with Crippen LogP contribution < -0.4 is 5.32 Å². The minimum atomic E-state index is -0.250. The van der Waals surface area contributed by atoms with Crippen molar-refractivity contribution in [2.45, 2.75) is 1.05 Å². The van der Waals surface area contributed by atoms with Crippen molar-refractivity contribution in [3.05, 3.63) is 60.7 Å². The van der Waals surface area contributed by atoms with E-state index in [-0.39, 0.29) is 1.05 Å². The van der Waals surface area contributed by atoms with E-state index >= 15 is 0 Å². The fourth-order valence-electron chi connectivity index (χ4n) is 1.21. The average molecular weight is 501 g/mol. The van der Waals surface area contributed by atoms with Crippen molar-refractivity contribution in [3.63, 3.8) is 0 Å². The number of para-hydroxylation sites is 2. The molecule has 0 saturated carbocycles. The topological polar surface area (TPSA) is 12.0 Å². The van der Waals surface area contributed by atoms with E-state index in [1.807, 2.05) is 60.7 Å². The highest BCUT2D eigenvalue weighted by Crippen LogP contribution is 2.39. The Hall–Kier alpha value is 0.160. The molecule has 0 aliphatic heterocycles. The summed E-state index contributed by atoms with van der Waals surface area (Å²) < 4.78 is -0.250. The van der Waals surface area contributed by atoms with E-state index in [4.69, 9.17) is 0 Å². The molecule has 0 fully saturated rings. The van der Waals surface area contributed by atoms with Crippen LogP contribution in [0.2, 0.25) is 0 Å². The van der Waals surface area contributed by atoms with Crippen molar-refractivity contribution in [3.8, 4) is 0 Å². The predicted molar refractivity (Wildman–Crippen MR) is 94.6 cm³/mol. The SMILES string of the molecule is BrC(Br)(Br)Br.c1ccc(Nc2ccccc2)cc1. The Morgan fingerprint density at radius 1 is 0.611 bits per heavy atom. The fraction of sp³-hybridized carbons (Fsp3) is 0.0769. The maximum Gasteiger partial charge on any atom is 0.189 e. The van der Waals surface area contributed by atoms with Crippen molar-refractivity contribution < 1.29 is 0 Å². The van der Waals surface area contributed by atoms with Crippen LogP contribution >= 0.6 is 63.7 Å². The zero-order valence-electron chi connectivity index (χ0n) is 9.29. The predicted octanol–water partition coefficient (Wildman–Crippen LogP) is 6.61. The van der Waals surface area contributed by atoms with Gasteiger partial charge in [-0.15, -0.1) is 0 Å². The van der Waals surface area contributed by atoms with Crippen LogP contribution in [0.1, 0.15) is 0 Å². The molecule has 1 nitrogen and oxygen atoms in total. The highest BCUT2D eigenvalue weighted by molar-refractivity contribution is 9.52. The normalized spacial score (nSPS) is 10.2. The van der Waals surface area contributed by atoms with E-state index < -0.39 is 0 Å². The first-order valence-electron chi connectivity index (χ1n) is 5.08. The molecule has 0 spiro atoms. The minimum Gasteiger partial charge on any atom is -0.356 e. The van der Waals surface area contributed by atoms with Gasteiger partial charge in [0.15, 0.2) is 1.05 Å². The highest BCUT2D eigenvalue weighted by atomic mass is 80.0. The zero-order valence-corrected chi connectivity index (χ0v) is 15.6. The lowest BCUT2D eigenvalue weighted by Gasteiger charge is -2.04. The molecule has 0 heterocycles. The van der Waals surface area contributed by atoms with Crippen LogP contribution in [0.3, 0.4) is 0 Å².